The lowest BCUT2D eigenvalue weighted by Crippen LogP contribution is -2.50. The van der Waals surface area contributed by atoms with Crippen molar-refractivity contribution in [2.45, 2.75) is 25.9 Å². The van der Waals surface area contributed by atoms with Gasteiger partial charge in [-0.05, 0) is 43.1 Å². The summed E-state index contributed by atoms with van der Waals surface area (Å²) in [6.07, 6.45) is 1.32. The topological polar surface area (TPSA) is 18.5 Å². The molecule has 5 heteroatoms. The largest absolute Gasteiger partial charge is 0.315 e. The minimum atomic E-state index is 0. The molecule has 0 spiro atoms. The van der Waals surface area contributed by atoms with Crippen LogP contribution in [0.1, 0.15) is 17.5 Å². The lowest BCUT2D eigenvalue weighted by molar-refractivity contribution is 0.0980. The Morgan fingerprint density at radius 1 is 1.24 bits per heavy atom. The summed E-state index contributed by atoms with van der Waals surface area (Å²) in [7, 11) is 0. The van der Waals surface area contributed by atoms with Crippen LogP contribution in [0.25, 0.3) is 0 Å². The van der Waals surface area contributed by atoms with Gasteiger partial charge in [-0.2, -0.15) is 0 Å². The van der Waals surface area contributed by atoms with Crippen molar-refractivity contribution in [3.05, 3.63) is 34.3 Å². The minimum Gasteiger partial charge on any atom is -0.315 e. The number of hydrogen-bond donors (Lipinski definition) is 1. The van der Waals surface area contributed by atoms with Gasteiger partial charge in [-0.1, -0.05) is 17.7 Å². The number of nitrogens with zero attached hydrogens (tertiary/aromatic N) is 2. The van der Waals surface area contributed by atoms with Gasteiger partial charge in [0.05, 0.1) is 0 Å². The molecule has 2 fully saturated rings. The van der Waals surface area contributed by atoms with E-state index >= 15 is 0 Å². The first-order chi connectivity index (χ1) is 9.72. The second-order valence-electron chi connectivity index (χ2n) is 6.03. The number of hydrogen-bond acceptors (Lipinski definition) is 3. The highest BCUT2D eigenvalue weighted by Crippen LogP contribution is 2.18. The lowest BCUT2D eigenvalue weighted by Gasteiger charge is -2.38. The third-order valence-corrected chi connectivity index (χ3v) is 4.89. The molecule has 0 aromatic heterocycles. The van der Waals surface area contributed by atoms with Gasteiger partial charge in [0.25, 0.3) is 0 Å². The molecule has 1 aromatic carbocycles. The molecule has 2 aliphatic rings. The molecular weight excluding hydrogens is 305 g/mol. The van der Waals surface area contributed by atoms with Gasteiger partial charge in [-0.15, -0.1) is 12.4 Å². The van der Waals surface area contributed by atoms with Crippen LogP contribution in [-0.4, -0.2) is 55.1 Å². The molecule has 0 bridgehead atoms. The Hall–Kier alpha value is -0.320. The third-order valence-electron chi connectivity index (χ3n) is 4.66. The maximum atomic E-state index is 6.03. The van der Waals surface area contributed by atoms with E-state index in [0.29, 0.717) is 0 Å². The van der Waals surface area contributed by atoms with Crippen LogP contribution in [0.15, 0.2) is 18.2 Å². The fourth-order valence-corrected chi connectivity index (χ4v) is 3.54. The van der Waals surface area contributed by atoms with Crippen molar-refractivity contribution in [2.24, 2.45) is 0 Å². The van der Waals surface area contributed by atoms with Crippen LogP contribution < -0.4 is 5.32 Å². The summed E-state index contributed by atoms with van der Waals surface area (Å²) in [6, 6.07) is 7.02. The normalized spacial score (nSPS) is 24.0. The molecular formula is C16H25Cl2N3. The molecule has 118 valence electrons. The van der Waals surface area contributed by atoms with Crippen molar-refractivity contribution in [3.63, 3.8) is 0 Å². The first-order valence-electron chi connectivity index (χ1n) is 7.64. The van der Waals surface area contributed by atoms with Crippen LogP contribution in [-0.2, 0) is 6.54 Å². The Balaban J connectivity index is 0.00000161. The van der Waals surface area contributed by atoms with E-state index in [9.17, 15) is 0 Å². The smallest absolute Gasteiger partial charge is 0.0408 e. The van der Waals surface area contributed by atoms with Gasteiger partial charge in [0.15, 0.2) is 0 Å². The number of benzene rings is 1. The Labute approximate surface area is 139 Å². The zero-order valence-electron chi connectivity index (χ0n) is 12.6. The van der Waals surface area contributed by atoms with Gasteiger partial charge in [0.2, 0.25) is 0 Å². The van der Waals surface area contributed by atoms with Gasteiger partial charge in [-0.3, -0.25) is 9.80 Å². The quantitative estimate of drug-likeness (QED) is 0.919. The Morgan fingerprint density at radius 3 is 2.62 bits per heavy atom. The summed E-state index contributed by atoms with van der Waals surface area (Å²) in [5, 5.41) is 4.30. The van der Waals surface area contributed by atoms with Crippen molar-refractivity contribution in [1.82, 2.24) is 15.1 Å². The second-order valence-corrected chi connectivity index (χ2v) is 6.47. The molecule has 1 atom stereocenters. The lowest BCUT2D eigenvalue weighted by atomic mass is 10.1. The molecule has 1 N–H and O–H groups in total. The summed E-state index contributed by atoms with van der Waals surface area (Å²) >= 11 is 6.03. The minimum absolute atomic E-state index is 0. The summed E-state index contributed by atoms with van der Waals surface area (Å²) in [5.74, 6) is 0. The highest BCUT2D eigenvalue weighted by atomic mass is 35.5. The van der Waals surface area contributed by atoms with Crippen LogP contribution in [0.2, 0.25) is 5.02 Å². The van der Waals surface area contributed by atoms with E-state index in [1.807, 2.05) is 6.07 Å². The molecule has 2 heterocycles. The van der Waals surface area contributed by atoms with Crippen molar-refractivity contribution >= 4 is 24.0 Å². The number of piperazine rings is 1. The number of aryl methyl sites for hydroxylation is 1. The number of halogens is 2. The SMILES string of the molecule is Cc1cc(Cl)ccc1CN1CCN(C2CCNC2)CC1.Cl. The van der Waals surface area contributed by atoms with E-state index in [-0.39, 0.29) is 12.4 Å². The average molecular weight is 330 g/mol. The molecule has 0 radical (unpaired) electrons. The van der Waals surface area contributed by atoms with Crippen LogP contribution in [0.4, 0.5) is 0 Å². The van der Waals surface area contributed by atoms with E-state index in [0.717, 1.165) is 17.6 Å². The predicted octanol–water partition coefficient (Wildman–Crippen LogP) is 2.55. The van der Waals surface area contributed by atoms with Crippen LogP contribution in [0, 0.1) is 6.92 Å². The van der Waals surface area contributed by atoms with Gasteiger partial charge in [0, 0.05) is 50.3 Å². The highest BCUT2D eigenvalue weighted by molar-refractivity contribution is 6.30. The van der Waals surface area contributed by atoms with Crippen LogP contribution in [0.3, 0.4) is 0 Å². The molecule has 3 nitrogen and oxygen atoms in total. The first kappa shape index (κ1) is 17.0. The maximum absolute atomic E-state index is 6.03. The first-order valence-corrected chi connectivity index (χ1v) is 8.02. The van der Waals surface area contributed by atoms with E-state index in [2.05, 4.69) is 34.2 Å². The van der Waals surface area contributed by atoms with E-state index in [1.54, 1.807) is 0 Å². The summed E-state index contributed by atoms with van der Waals surface area (Å²) in [4.78, 5) is 5.22. The fraction of sp³-hybridized carbons (Fsp3) is 0.625. The van der Waals surface area contributed by atoms with Crippen molar-refractivity contribution < 1.29 is 0 Å². The molecule has 2 aliphatic heterocycles. The summed E-state index contributed by atoms with van der Waals surface area (Å²) in [6.45, 7) is 10.3. The Kier molecular flexibility index (Phi) is 6.33. The molecule has 0 saturated carbocycles. The molecule has 1 aromatic rings. The van der Waals surface area contributed by atoms with Crippen molar-refractivity contribution in [2.75, 3.05) is 39.3 Å². The Morgan fingerprint density at radius 2 is 2.00 bits per heavy atom. The predicted molar refractivity (Wildman–Crippen MR) is 91.6 cm³/mol. The standard InChI is InChI=1S/C16H24ClN3.ClH/c1-13-10-15(17)3-2-14(13)12-19-6-8-20(9-7-19)16-4-5-18-11-16;/h2-3,10,16,18H,4-9,11-12H2,1H3;1H. The van der Waals surface area contributed by atoms with Crippen molar-refractivity contribution in [3.8, 4) is 0 Å². The molecule has 3 rings (SSSR count). The molecule has 21 heavy (non-hydrogen) atoms. The zero-order valence-corrected chi connectivity index (χ0v) is 14.2. The molecule has 2 saturated heterocycles. The van der Waals surface area contributed by atoms with Crippen LogP contribution in [0.5, 0.6) is 0 Å². The zero-order chi connectivity index (χ0) is 13.9. The van der Waals surface area contributed by atoms with E-state index < -0.39 is 0 Å². The second kappa shape index (κ2) is 7.80. The summed E-state index contributed by atoms with van der Waals surface area (Å²) in [5.41, 5.74) is 2.71. The number of nitrogens with one attached hydrogen (secondary N) is 1. The average Bonchev–Trinajstić information content (AvgIpc) is 2.97. The van der Waals surface area contributed by atoms with Gasteiger partial charge in [0.1, 0.15) is 0 Å². The monoisotopic (exact) mass is 329 g/mol. The molecule has 1 unspecified atom stereocenters. The molecule has 0 amide bonds. The van der Waals surface area contributed by atoms with Gasteiger partial charge < -0.3 is 5.32 Å². The van der Waals surface area contributed by atoms with Crippen molar-refractivity contribution in [1.29, 1.82) is 0 Å². The van der Waals surface area contributed by atoms with E-state index in [4.69, 9.17) is 11.6 Å². The number of rotatable bonds is 3. The van der Waals surface area contributed by atoms with Gasteiger partial charge in [-0.25, -0.2) is 0 Å². The van der Waals surface area contributed by atoms with Gasteiger partial charge >= 0.3 is 0 Å². The Bertz CT molecular complexity index is 453. The summed E-state index contributed by atoms with van der Waals surface area (Å²) < 4.78 is 0. The molecule has 0 aliphatic carbocycles. The highest BCUT2D eigenvalue weighted by Gasteiger charge is 2.25. The van der Waals surface area contributed by atoms with E-state index in [1.165, 1.54) is 56.8 Å². The maximum Gasteiger partial charge on any atom is 0.0408 e. The van der Waals surface area contributed by atoms with Crippen LogP contribution >= 0.6 is 24.0 Å². The third kappa shape index (κ3) is 4.33. The fourth-order valence-electron chi connectivity index (χ4n) is 3.32.